The van der Waals surface area contributed by atoms with Crippen LogP contribution in [0.2, 0.25) is 0 Å². The van der Waals surface area contributed by atoms with Gasteiger partial charge in [0.05, 0.1) is 0 Å². The van der Waals surface area contributed by atoms with Gasteiger partial charge in [0.15, 0.2) is 0 Å². The van der Waals surface area contributed by atoms with Crippen molar-refractivity contribution >= 4 is 53.9 Å². The molecule has 0 heteroatoms. The molecule has 0 nitrogen and oxygen atoms in total. The summed E-state index contributed by atoms with van der Waals surface area (Å²) in [5.41, 5.74) is 9.99. The van der Waals surface area contributed by atoms with E-state index in [4.69, 9.17) is 0 Å². The van der Waals surface area contributed by atoms with E-state index in [9.17, 15) is 0 Å². The van der Waals surface area contributed by atoms with Crippen LogP contribution in [-0.2, 0) is 0 Å². The summed E-state index contributed by atoms with van der Waals surface area (Å²) in [7, 11) is 0. The summed E-state index contributed by atoms with van der Waals surface area (Å²) >= 11 is 0. The standard InChI is InChI=1S/C50H32/c1-3-17-39-33(12-1)14-10-23-42(39)37-15-9-16-38(32-37)50-47-21-7-5-19-45(47)49(46-20-6-8-22-48(46)50)36-28-26-35(27-29-36)41-24-11-25-43-40-18-4-2-13-34(40)30-31-44(41)43/h1-32H. The third kappa shape index (κ3) is 4.54. The topological polar surface area (TPSA) is 0 Å². The fourth-order valence-corrected chi connectivity index (χ4v) is 8.18. The molecule has 10 aromatic carbocycles. The first kappa shape index (κ1) is 28.5. The van der Waals surface area contributed by atoms with Crippen LogP contribution in [-0.4, -0.2) is 0 Å². The smallest absolute Gasteiger partial charge is 0.00262 e. The molecule has 0 fully saturated rings. The molecule has 10 aromatic rings. The minimum atomic E-state index is 1.22. The molecule has 0 bridgehead atoms. The number of hydrogen-bond donors (Lipinski definition) is 0. The van der Waals surface area contributed by atoms with Crippen molar-refractivity contribution in [3.05, 3.63) is 194 Å². The first-order chi connectivity index (χ1) is 24.8. The predicted molar refractivity (Wildman–Crippen MR) is 216 cm³/mol. The van der Waals surface area contributed by atoms with E-state index in [2.05, 4.69) is 194 Å². The van der Waals surface area contributed by atoms with Crippen LogP contribution in [0, 0.1) is 0 Å². The van der Waals surface area contributed by atoms with Crippen molar-refractivity contribution in [3.63, 3.8) is 0 Å². The second-order valence-corrected chi connectivity index (χ2v) is 13.2. The Balaban J connectivity index is 1.14. The van der Waals surface area contributed by atoms with Crippen LogP contribution < -0.4 is 0 Å². The van der Waals surface area contributed by atoms with Crippen molar-refractivity contribution in [1.82, 2.24) is 0 Å². The average molecular weight is 633 g/mol. The van der Waals surface area contributed by atoms with E-state index in [1.807, 2.05) is 0 Å². The van der Waals surface area contributed by atoms with Crippen molar-refractivity contribution in [2.75, 3.05) is 0 Å². The van der Waals surface area contributed by atoms with Gasteiger partial charge in [0.25, 0.3) is 0 Å². The summed E-state index contributed by atoms with van der Waals surface area (Å²) in [6.07, 6.45) is 0. The first-order valence-corrected chi connectivity index (χ1v) is 17.4. The molecule has 50 heavy (non-hydrogen) atoms. The third-order valence-corrected chi connectivity index (χ3v) is 10.5. The monoisotopic (exact) mass is 632 g/mol. The number of hydrogen-bond acceptors (Lipinski definition) is 0. The zero-order valence-corrected chi connectivity index (χ0v) is 27.5. The highest BCUT2D eigenvalue weighted by Crippen LogP contribution is 2.45. The molecule has 0 aliphatic heterocycles. The zero-order chi connectivity index (χ0) is 33.0. The quantitative estimate of drug-likeness (QED) is 0.134. The molecule has 0 amide bonds. The van der Waals surface area contributed by atoms with E-state index in [0.29, 0.717) is 0 Å². The molecule has 232 valence electrons. The van der Waals surface area contributed by atoms with Gasteiger partial charge < -0.3 is 0 Å². The minimum Gasteiger partial charge on any atom is -0.0616 e. The summed E-state index contributed by atoms with van der Waals surface area (Å²) in [5, 5.41) is 12.7. The Morgan fingerprint density at radius 2 is 0.640 bits per heavy atom. The predicted octanol–water partition coefficient (Wildman–Crippen LogP) is 14.1. The normalized spacial score (nSPS) is 11.6. The number of rotatable bonds is 4. The molecule has 0 spiro atoms. The van der Waals surface area contributed by atoms with Crippen molar-refractivity contribution in [2.45, 2.75) is 0 Å². The molecule has 0 saturated heterocycles. The Kier molecular flexibility index (Phi) is 6.60. The lowest BCUT2D eigenvalue weighted by molar-refractivity contribution is 1.62. The van der Waals surface area contributed by atoms with Gasteiger partial charge in [0.2, 0.25) is 0 Å². The van der Waals surface area contributed by atoms with Gasteiger partial charge in [-0.15, -0.1) is 0 Å². The van der Waals surface area contributed by atoms with Crippen LogP contribution in [0.4, 0.5) is 0 Å². The lowest BCUT2D eigenvalue weighted by atomic mass is 9.85. The molecule has 0 aromatic heterocycles. The van der Waals surface area contributed by atoms with Gasteiger partial charge in [0, 0.05) is 0 Å². The second kappa shape index (κ2) is 11.6. The van der Waals surface area contributed by atoms with E-state index in [-0.39, 0.29) is 0 Å². The van der Waals surface area contributed by atoms with Crippen molar-refractivity contribution < 1.29 is 0 Å². The van der Waals surface area contributed by atoms with Crippen molar-refractivity contribution in [1.29, 1.82) is 0 Å². The summed E-state index contributed by atoms with van der Waals surface area (Å²) in [6, 6.07) is 71.3. The van der Waals surface area contributed by atoms with Crippen LogP contribution in [0.1, 0.15) is 0 Å². The lowest BCUT2D eigenvalue weighted by Crippen LogP contribution is -1.91. The molecular formula is C50H32. The van der Waals surface area contributed by atoms with E-state index < -0.39 is 0 Å². The van der Waals surface area contributed by atoms with Gasteiger partial charge in [-0.2, -0.15) is 0 Å². The maximum Gasteiger partial charge on any atom is -0.00262 e. The molecule has 0 heterocycles. The third-order valence-electron chi connectivity index (χ3n) is 10.5. The molecule has 0 aliphatic carbocycles. The van der Waals surface area contributed by atoms with Gasteiger partial charge in [-0.05, 0) is 104 Å². The number of fused-ring (bicyclic) bond motifs is 6. The highest BCUT2D eigenvalue weighted by Gasteiger charge is 2.17. The van der Waals surface area contributed by atoms with Gasteiger partial charge in [-0.1, -0.05) is 188 Å². The van der Waals surface area contributed by atoms with Crippen molar-refractivity contribution in [2.24, 2.45) is 0 Å². The summed E-state index contributed by atoms with van der Waals surface area (Å²) in [6.45, 7) is 0. The number of benzene rings is 10. The highest BCUT2D eigenvalue weighted by atomic mass is 14.2. The molecule has 0 aliphatic rings. The SMILES string of the molecule is c1cc(-c2cccc3ccccc23)cc(-c2c3ccccc3c(-c3ccc(-c4cccc5c4ccc4ccccc45)cc3)c3ccccc23)c1. The average Bonchev–Trinajstić information content (AvgIpc) is 3.19. The Labute approximate surface area is 291 Å². The fraction of sp³-hybridized carbons (Fsp3) is 0. The molecule has 0 unspecified atom stereocenters. The van der Waals surface area contributed by atoms with Crippen LogP contribution in [0.15, 0.2) is 194 Å². The first-order valence-electron chi connectivity index (χ1n) is 17.4. The maximum absolute atomic E-state index is 2.37. The maximum atomic E-state index is 2.37. The summed E-state index contributed by atoms with van der Waals surface area (Å²) in [4.78, 5) is 0. The lowest BCUT2D eigenvalue weighted by Gasteiger charge is -2.18. The van der Waals surface area contributed by atoms with Crippen LogP contribution in [0.5, 0.6) is 0 Å². The van der Waals surface area contributed by atoms with E-state index in [0.717, 1.165) is 0 Å². The Bertz CT molecular complexity index is 2850. The Morgan fingerprint density at radius 1 is 0.200 bits per heavy atom. The molecule has 0 atom stereocenters. The molecule has 0 N–H and O–H groups in total. The van der Waals surface area contributed by atoms with Gasteiger partial charge in [-0.25, -0.2) is 0 Å². The largest absolute Gasteiger partial charge is 0.0616 e. The van der Waals surface area contributed by atoms with Crippen LogP contribution in [0.3, 0.4) is 0 Å². The van der Waals surface area contributed by atoms with Crippen molar-refractivity contribution in [3.8, 4) is 44.5 Å². The van der Waals surface area contributed by atoms with E-state index >= 15 is 0 Å². The second-order valence-electron chi connectivity index (χ2n) is 13.2. The fourth-order valence-electron chi connectivity index (χ4n) is 8.18. The molecular weight excluding hydrogens is 601 g/mol. The highest BCUT2D eigenvalue weighted by molar-refractivity contribution is 6.21. The van der Waals surface area contributed by atoms with Crippen LogP contribution >= 0.6 is 0 Å². The molecule has 0 saturated carbocycles. The summed E-state index contributed by atoms with van der Waals surface area (Å²) < 4.78 is 0. The Morgan fingerprint density at radius 3 is 1.32 bits per heavy atom. The zero-order valence-electron chi connectivity index (χ0n) is 27.5. The van der Waals surface area contributed by atoms with Crippen LogP contribution in [0.25, 0.3) is 98.4 Å². The molecule has 10 rings (SSSR count). The summed E-state index contributed by atoms with van der Waals surface area (Å²) in [5.74, 6) is 0. The van der Waals surface area contributed by atoms with E-state index in [1.165, 1.54) is 98.4 Å². The van der Waals surface area contributed by atoms with E-state index in [1.54, 1.807) is 0 Å². The molecule has 0 radical (unpaired) electrons. The van der Waals surface area contributed by atoms with Gasteiger partial charge in [-0.3, -0.25) is 0 Å². The Hall–Kier alpha value is -6.50. The minimum absolute atomic E-state index is 1.22. The van der Waals surface area contributed by atoms with Gasteiger partial charge in [0.1, 0.15) is 0 Å². The van der Waals surface area contributed by atoms with Gasteiger partial charge >= 0.3 is 0 Å².